The number of piperidine rings is 1. The van der Waals surface area contributed by atoms with Crippen molar-refractivity contribution >= 4 is 40.0 Å². The normalized spacial score (nSPS) is 19.1. The maximum Gasteiger partial charge on any atom is 0.290 e. The van der Waals surface area contributed by atoms with Crippen LogP contribution in [0.2, 0.25) is 0 Å². The van der Waals surface area contributed by atoms with Crippen molar-refractivity contribution in [3.05, 3.63) is 40.7 Å². The first-order chi connectivity index (χ1) is 15.3. The molecule has 2 amide bonds. The number of nitrogens with one attached hydrogen (secondary N) is 3. The third kappa shape index (κ3) is 3.86. The summed E-state index contributed by atoms with van der Waals surface area (Å²) in [6.45, 7) is 7.12. The molecule has 1 aromatic heterocycles. The molecular weight excluding hydrogens is 408 g/mol. The highest BCUT2D eigenvalue weighted by Crippen LogP contribution is 2.32. The van der Waals surface area contributed by atoms with Crippen LogP contribution in [0.5, 0.6) is 0 Å². The minimum Gasteiger partial charge on any atom is -0.454 e. The largest absolute Gasteiger partial charge is 0.454 e. The molecule has 0 bridgehead atoms. The number of hydrogen-bond donors (Lipinski definition) is 4. The molecule has 2 aromatic rings. The van der Waals surface area contributed by atoms with Gasteiger partial charge in [0.05, 0.1) is 11.3 Å². The molecule has 32 heavy (non-hydrogen) atoms. The summed E-state index contributed by atoms with van der Waals surface area (Å²) in [7, 11) is 0. The standard InChI is InChI=1S/C23H28N6O3/c1-4-17(30)29-9-7-14(8-10-29)26-20(18-19(24)23(31)28-27-22(18)25)21-13(3)15-11-12(2)5-6-16(15)32-21/h5-6,11,14,24,26H,4,7-10H2,1-3H3,(H2,25,27)(H,28,31)/b20-18+,24-19?. The number of amidine groups is 1. The van der Waals surface area contributed by atoms with E-state index in [-0.39, 0.29) is 29.1 Å². The maximum atomic E-state index is 12.2. The molecule has 0 atom stereocenters. The molecule has 0 radical (unpaired) electrons. The Hall–Kier alpha value is -3.62. The number of nitrogens with zero attached hydrogens (tertiary/aromatic N) is 2. The molecule has 4 rings (SSSR count). The zero-order valence-corrected chi connectivity index (χ0v) is 18.5. The fourth-order valence-electron chi connectivity index (χ4n) is 4.24. The van der Waals surface area contributed by atoms with Crippen LogP contribution in [0.3, 0.4) is 0 Å². The van der Waals surface area contributed by atoms with E-state index >= 15 is 0 Å². The molecule has 9 nitrogen and oxygen atoms in total. The number of hydrogen-bond acceptors (Lipinski definition) is 7. The first-order valence-corrected chi connectivity index (χ1v) is 10.8. The van der Waals surface area contributed by atoms with Crippen molar-refractivity contribution in [2.75, 3.05) is 13.1 Å². The average molecular weight is 437 g/mol. The van der Waals surface area contributed by atoms with Gasteiger partial charge in [0.15, 0.2) is 11.6 Å². The van der Waals surface area contributed by atoms with Crippen LogP contribution in [0.15, 0.2) is 33.3 Å². The van der Waals surface area contributed by atoms with Gasteiger partial charge in [0.1, 0.15) is 11.3 Å². The van der Waals surface area contributed by atoms with E-state index in [2.05, 4.69) is 15.8 Å². The molecule has 1 saturated heterocycles. The van der Waals surface area contributed by atoms with Crippen LogP contribution in [-0.4, -0.2) is 47.4 Å². The van der Waals surface area contributed by atoms with E-state index in [0.29, 0.717) is 36.6 Å². The number of amides is 2. The number of carbonyl (C=O) groups excluding carboxylic acids is 2. The zero-order chi connectivity index (χ0) is 23.0. The van der Waals surface area contributed by atoms with E-state index in [1.54, 1.807) is 0 Å². The Labute approximate surface area is 186 Å². The fraction of sp³-hybridized carbons (Fsp3) is 0.391. The molecule has 1 fully saturated rings. The SMILES string of the molecule is CCC(=O)N1CCC(N/C(=C2\C(=N)C(=O)NN=C2N)c2oc3ccc(C)cc3c2C)CC1. The Kier molecular flexibility index (Phi) is 5.73. The van der Waals surface area contributed by atoms with Crippen LogP contribution in [0.4, 0.5) is 0 Å². The van der Waals surface area contributed by atoms with Gasteiger partial charge in [-0.2, -0.15) is 5.10 Å². The third-order valence-electron chi connectivity index (χ3n) is 6.08. The summed E-state index contributed by atoms with van der Waals surface area (Å²) in [6, 6.07) is 5.96. The van der Waals surface area contributed by atoms with Crippen molar-refractivity contribution in [3.63, 3.8) is 0 Å². The van der Waals surface area contributed by atoms with Gasteiger partial charge in [0.2, 0.25) is 5.91 Å². The van der Waals surface area contributed by atoms with Gasteiger partial charge < -0.3 is 20.4 Å². The molecule has 3 heterocycles. The predicted molar refractivity (Wildman–Crippen MR) is 123 cm³/mol. The van der Waals surface area contributed by atoms with Crippen molar-refractivity contribution in [3.8, 4) is 0 Å². The Bertz CT molecular complexity index is 1170. The number of fused-ring (bicyclic) bond motifs is 1. The van der Waals surface area contributed by atoms with Gasteiger partial charge in [-0.1, -0.05) is 18.6 Å². The van der Waals surface area contributed by atoms with E-state index in [9.17, 15) is 9.59 Å². The molecule has 2 aliphatic rings. The monoisotopic (exact) mass is 436 g/mol. The van der Waals surface area contributed by atoms with Crippen molar-refractivity contribution in [2.24, 2.45) is 10.8 Å². The molecule has 168 valence electrons. The highest BCUT2D eigenvalue weighted by molar-refractivity contribution is 6.53. The minimum atomic E-state index is -0.624. The molecule has 0 saturated carbocycles. The minimum absolute atomic E-state index is 0.0262. The number of rotatable bonds is 4. The van der Waals surface area contributed by atoms with Gasteiger partial charge >= 0.3 is 0 Å². The number of furan rings is 1. The predicted octanol–water partition coefficient (Wildman–Crippen LogP) is 2.17. The maximum absolute atomic E-state index is 12.2. The lowest BCUT2D eigenvalue weighted by Gasteiger charge is -2.33. The molecule has 9 heteroatoms. The quantitative estimate of drug-likeness (QED) is 0.582. The van der Waals surface area contributed by atoms with Crippen LogP contribution in [-0.2, 0) is 9.59 Å². The Morgan fingerprint density at radius 2 is 2.06 bits per heavy atom. The lowest BCUT2D eigenvalue weighted by Crippen LogP contribution is -2.46. The van der Waals surface area contributed by atoms with Crippen LogP contribution in [0.25, 0.3) is 16.7 Å². The van der Waals surface area contributed by atoms with Gasteiger partial charge in [-0.3, -0.25) is 15.0 Å². The lowest BCUT2D eigenvalue weighted by molar-refractivity contribution is -0.131. The number of benzene rings is 1. The van der Waals surface area contributed by atoms with Crippen molar-refractivity contribution < 1.29 is 14.0 Å². The van der Waals surface area contributed by atoms with E-state index in [4.69, 9.17) is 15.6 Å². The first-order valence-electron chi connectivity index (χ1n) is 10.8. The van der Waals surface area contributed by atoms with Gasteiger partial charge in [-0.05, 0) is 38.8 Å². The van der Waals surface area contributed by atoms with Crippen LogP contribution in [0, 0.1) is 19.3 Å². The molecule has 2 aliphatic heterocycles. The molecule has 0 spiro atoms. The van der Waals surface area contributed by atoms with E-state index in [0.717, 1.165) is 29.4 Å². The average Bonchev–Trinajstić information content (AvgIpc) is 3.11. The topological polar surface area (TPSA) is 137 Å². The second kappa shape index (κ2) is 8.49. The van der Waals surface area contributed by atoms with Crippen LogP contribution < -0.4 is 16.5 Å². The van der Waals surface area contributed by atoms with Crippen LogP contribution in [0.1, 0.15) is 43.1 Å². The number of aryl methyl sites for hydroxylation is 2. The number of carbonyl (C=O) groups is 2. The van der Waals surface area contributed by atoms with Crippen LogP contribution >= 0.6 is 0 Å². The number of hydrazone groups is 1. The fourth-order valence-corrected chi connectivity index (χ4v) is 4.24. The van der Waals surface area contributed by atoms with E-state index < -0.39 is 5.91 Å². The molecule has 0 unspecified atom stereocenters. The van der Waals surface area contributed by atoms with Gasteiger partial charge in [0, 0.05) is 36.5 Å². The summed E-state index contributed by atoms with van der Waals surface area (Å²) in [6.07, 6.45) is 1.96. The Balaban J connectivity index is 1.77. The van der Waals surface area contributed by atoms with E-state index in [1.807, 2.05) is 43.9 Å². The van der Waals surface area contributed by atoms with Gasteiger partial charge in [-0.15, -0.1) is 0 Å². The van der Waals surface area contributed by atoms with Crippen molar-refractivity contribution in [2.45, 2.75) is 46.1 Å². The lowest BCUT2D eigenvalue weighted by atomic mass is 9.98. The van der Waals surface area contributed by atoms with Crippen molar-refractivity contribution in [1.82, 2.24) is 15.6 Å². The Morgan fingerprint density at radius 3 is 2.75 bits per heavy atom. The highest BCUT2D eigenvalue weighted by Gasteiger charge is 2.31. The Morgan fingerprint density at radius 1 is 1.34 bits per heavy atom. The van der Waals surface area contributed by atoms with E-state index in [1.165, 1.54) is 0 Å². The number of nitrogens with two attached hydrogens (primary N) is 1. The second-order valence-corrected chi connectivity index (χ2v) is 8.27. The first kappa shape index (κ1) is 21.6. The second-order valence-electron chi connectivity index (χ2n) is 8.27. The summed E-state index contributed by atoms with van der Waals surface area (Å²) in [5.41, 5.74) is 11.5. The molecule has 0 aliphatic carbocycles. The number of likely N-dealkylation sites (tertiary alicyclic amines) is 1. The third-order valence-corrected chi connectivity index (χ3v) is 6.08. The van der Waals surface area contributed by atoms with Gasteiger partial charge in [-0.25, -0.2) is 5.43 Å². The van der Waals surface area contributed by atoms with Crippen molar-refractivity contribution in [1.29, 1.82) is 5.41 Å². The molecular formula is C23H28N6O3. The summed E-state index contributed by atoms with van der Waals surface area (Å²) in [4.78, 5) is 26.1. The summed E-state index contributed by atoms with van der Waals surface area (Å²) >= 11 is 0. The highest BCUT2D eigenvalue weighted by atomic mass is 16.3. The molecule has 5 N–H and O–H groups in total. The van der Waals surface area contributed by atoms with Gasteiger partial charge in [0.25, 0.3) is 5.91 Å². The smallest absolute Gasteiger partial charge is 0.290 e. The summed E-state index contributed by atoms with van der Waals surface area (Å²) in [5.74, 6) is 0.103. The molecule has 1 aromatic carbocycles. The zero-order valence-electron chi connectivity index (χ0n) is 18.5. The summed E-state index contributed by atoms with van der Waals surface area (Å²) in [5, 5.41) is 16.7. The summed E-state index contributed by atoms with van der Waals surface area (Å²) < 4.78 is 6.20.